The summed E-state index contributed by atoms with van der Waals surface area (Å²) in [7, 11) is 0. The number of esters is 1. The van der Waals surface area contributed by atoms with Crippen molar-refractivity contribution in [3.05, 3.63) is 53.8 Å². The summed E-state index contributed by atoms with van der Waals surface area (Å²) in [5.41, 5.74) is 12.6. The maximum absolute atomic E-state index is 13.2. The van der Waals surface area contributed by atoms with Crippen LogP contribution in [-0.2, 0) is 9.53 Å². The molecule has 0 aromatic heterocycles. The lowest BCUT2D eigenvalue weighted by Crippen LogP contribution is -2.26. The Morgan fingerprint density at radius 3 is 2.31 bits per heavy atom. The molecule has 0 fully saturated rings. The summed E-state index contributed by atoms with van der Waals surface area (Å²) in [6.45, 7) is 5.65. The molecule has 0 amide bonds. The van der Waals surface area contributed by atoms with Crippen LogP contribution in [0.15, 0.2) is 42.5 Å². The van der Waals surface area contributed by atoms with Crippen molar-refractivity contribution in [3.8, 4) is 5.75 Å². The van der Waals surface area contributed by atoms with E-state index in [1.165, 1.54) is 12.1 Å². The van der Waals surface area contributed by atoms with Crippen molar-refractivity contribution in [2.45, 2.75) is 38.7 Å². The van der Waals surface area contributed by atoms with Gasteiger partial charge in [0.1, 0.15) is 17.2 Å². The Morgan fingerprint density at radius 2 is 1.73 bits per heavy atom. The Hall–Kier alpha value is -2.76. The molecule has 0 heterocycles. The van der Waals surface area contributed by atoms with E-state index in [-0.39, 0.29) is 30.7 Å². The molecule has 4 N–H and O–H groups in total. The Morgan fingerprint density at radius 1 is 1.08 bits per heavy atom. The number of hydrogen-bond acceptors (Lipinski definition) is 5. The van der Waals surface area contributed by atoms with Crippen LogP contribution in [0.4, 0.5) is 15.8 Å². The monoisotopic (exact) mass is 360 g/mol. The fourth-order valence-electron chi connectivity index (χ4n) is 2.43. The zero-order valence-corrected chi connectivity index (χ0v) is 15.3. The van der Waals surface area contributed by atoms with Crippen molar-refractivity contribution >= 4 is 17.3 Å². The van der Waals surface area contributed by atoms with Crippen LogP contribution >= 0.6 is 0 Å². The van der Waals surface area contributed by atoms with Gasteiger partial charge < -0.3 is 20.9 Å². The summed E-state index contributed by atoms with van der Waals surface area (Å²) in [4.78, 5) is 12.2. The zero-order chi connectivity index (χ0) is 19.3. The first-order chi connectivity index (χ1) is 12.1. The molecule has 26 heavy (non-hydrogen) atoms. The van der Waals surface area contributed by atoms with Crippen LogP contribution in [0.2, 0.25) is 0 Å². The van der Waals surface area contributed by atoms with Gasteiger partial charge in [-0.15, -0.1) is 0 Å². The second-order valence-corrected chi connectivity index (χ2v) is 7.14. The molecule has 0 aliphatic heterocycles. The lowest BCUT2D eigenvalue weighted by Gasteiger charge is -2.23. The number of nitrogens with two attached hydrogens (primary N) is 2. The quantitative estimate of drug-likeness (QED) is 0.603. The van der Waals surface area contributed by atoms with Crippen molar-refractivity contribution in [1.82, 2.24) is 0 Å². The second-order valence-electron chi connectivity index (χ2n) is 7.14. The molecule has 0 aliphatic carbocycles. The van der Waals surface area contributed by atoms with Crippen LogP contribution < -0.4 is 16.2 Å². The van der Waals surface area contributed by atoms with E-state index in [9.17, 15) is 9.18 Å². The Balaban J connectivity index is 2.13. The van der Waals surface area contributed by atoms with E-state index < -0.39 is 5.60 Å². The third kappa shape index (κ3) is 5.95. The smallest absolute Gasteiger partial charge is 0.307 e. The van der Waals surface area contributed by atoms with Gasteiger partial charge in [0.2, 0.25) is 0 Å². The molecular formula is C20H25FN2O3. The van der Waals surface area contributed by atoms with Gasteiger partial charge in [-0.2, -0.15) is 0 Å². The molecule has 0 aliphatic rings. The number of halogens is 1. The number of carbonyl (C=O) groups excluding carboxylic acids is 1. The van der Waals surface area contributed by atoms with E-state index >= 15 is 0 Å². The van der Waals surface area contributed by atoms with Crippen LogP contribution in [0.25, 0.3) is 0 Å². The number of hydrogen-bond donors (Lipinski definition) is 2. The Labute approximate surface area is 153 Å². The van der Waals surface area contributed by atoms with Gasteiger partial charge in [0.15, 0.2) is 0 Å². The highest BCUT2D eigenvalue weighted by Gasteiger charge is 2.22. The molecule has 140 valence electrons. The molecule has 0 bridgehead atoms. The average Bonchev–Trinajstić information content (AvgIpc) is 2.53. The van der Waals surface area contributed by atoms with Crippen molar-refractivity contribution in [1.29, 1.82) is 0 Å². The van der Waals surface area contributed by atoms with Crippen molar-refractivity contribution in [3.63, 3.8) is 0 Å². The summed E-state index contributed by atoms with van der Waals surface area (Å²) < 4.78 is 24.4. The number of rotatable bonds is 6. The normalized spacial score (nSPS) is 12.5. The summed E-state index contributed by atoms with van der Waals surface area (Å²) >= 11 is 0. The van der Waals surface area contributed by atoms with E-state index in [1.807, 2.05) is 20.8 Å². The van der Waals surface area contributed by atoms with Crippen LogP contribution in [0, 0.1) is 5.82 Å². The number of anilines is 2. The summed E-state index contributed by atoms with van der Waals surface area (Å²) in [5.74, 6) is -0.415. The molecule has 0 spiro atoms. The minimum Gasteiger partial charge on any atom is -0.493 e. The fraction of sp³-hybridized carbons (Fsp3) is 0.350. The van der Waals surface area contributed by atoms with Crippen LogP contribution in [-0.4, -0.2) is 18.2 Å². The molecule has 6 heteroatoms. The van der Waals surface area contributed by atoms with Gasteiger partial charge in [0.25, 0.3) is 0 Å². The minimum absolute atomic E-state index is 0.118. The Bertz CT molecular complexity index is 755. The standard InChI is InChI=1S/C20H25FN2O3/c1-20(2,3)26-19(24)10-14(13-4-6-15(21)7-5-13)12-25-16-8-9-17(22)18(23)11-16/h4-9,11,14H,10,12,22-23H2,1-3H3/t14-/m0/s1. The van der Waals surface area contributed by atoms with Gasteiger partial charge in [-0.25, -0.2) is 4.39 Å². The largest absolute Gasteiger partial charge is 0.493 e. The first kappa shape index (κ1) is 19.6. The first-order valence-corrected chi connectivity index (χ1v) is 8.39. The second kappa shape index (κ2) is 8.08. The van der Waals surface area contributed by atoms with E-state index in [2.05, 4.69) is 0 Å². The number of ether oxygens (including phenoxy) is 2. The highest BCUT2D eigenvalue weighted by Crippen LogP contribution is 2.26. The van der Waals surface area contributed by atoms with Gasteiger partial charge >= 0.3 is 5.97 Å². The minimum atomic E-state index is -0.573. The summed E-state index contributed by atoms with van der Waals surface area (Å²) in [5, 5.41) is 0. The van der Waals surface area contributed by atoms with E-state index in [4.69, 9.17) is 20.9 Å². The third-order valence-electron chi connectivity index (χ3n) is 3.68. The van der Waals surface area contributed by atoms with Gasteiger partial charge in [-0.05, 0) is 50.6 Å². The first-order valence-electron chi connectivity index (χ1n) is 8.39. The highest BCUT2D eigenvalue weighted by molar-refractivity contribution is 5.71. The van der Waals surface area contributed by atoms with Crippen LogP contribution in [0.5, 0.6) is 5.75 Å². The van der Waals surface area contributed by atoms with Crippen molar-refractivity contribution in [2.75, 3.05) is 18.1 Å². The number of nitrogen functional groups attached to an aromatic ring is 2. The van der Waals surface area contributed by atoms with Crippen LogP contribution in [0.3, 0.4) is 0 Å². The zero-order valence-electron chi connectivity index (χ0n) is 15.3. The van der Waals surface area contributed by atoms with Gasteiger partial charge in [-0.1, -0.05) is 12.1 Å². The molecular weight excluding hydrogens is 335 g/mol. The van der Waals surface area contributed by atoms with Gasteiger partial charge in [0.05, 0.1) is 24.4 Å². The molecule has 0 unspecified atom stereocenters. The SMILES string of the molecule is CC(C)(C)OC(=O)C[C@@H](COc1ccc(N)c(N)c1)c1ccc(F)cc1. The van der Waals surface area contributed by atoms with E-state index in [1.54, 1.807) is 30.3 Å². The van der Waals surface area contributed by atoms with E-state index in [0.29, 0.717) is 17.1 Å². The molecule has 1 atom stereocenters. The molecule has 0 saturated heterocycles. The van der Waals surface area contributed by atoms with Crippen molar-refractivity contribution < 1.29 is 18.7 Å². The third-order valence-corrected chi connectivity index (χ3v) is 3.68. The topological polar surface area (TPSA) is 87.6 Å². The molecule has 5 nitrogen and oxygen atoms in total. The number of benzene rings is 2. The molecule has 2 aromatic carbocycles. The van der Waals surface area contributed by atoms with Crippen LogP contribution in [0.1, 0.15) is 38.7 Å². The highest BCUT2D eigenvalue weighted by atomic mass is 19.1. The predicted octanol–water partition coefficient (Wildman–Crippen LogP) is 3.88. The van der Waals surface area contributed by atoms with Crippen molar-refractivity contribution in [2.24, 2.45) is 0 Å². The predicted molar refractivity (Wildman–Crippen MR) is 100 cm³/mol. The number of carbonyl (C=O) groups is 1. The lowest BCUT2D eigenvalue weighted by molar-refractivity contribution is -0.155. The summed E-state index contributed by atoms with van der Waals surface area (Å²) in [6.07, 6.45) is 0.118. The molecule has 2 aromatic rings. The summed E-state index contributed by atoms with van der Waals surface area (Å²) in [6, 6.07) is 11.0. The fourth-order valence-corrected chi connectivity index (χ4v) is 2.43. The maximum atomic E-state index is 13.2. The van der Waals surface area contributed by atoms with Gasteiger partial charge in [0, 0.05) is 12.0 Å². The van der Waals surface area contributed by atoms with E-state index in [0.717, 1.165) is 5.56 Å². The molecule has 0 saturated carbocycles. The Kier molecular flexibility index (Phi) is 6.08. The average molecular weight is 360 g/mol. The maximum Gasteiger partial charge on any atom is 0.307 e. The van der Waals surface area contributed by atoms with Gasteiger partial charge in [-0.3, -0.25) is 4.79 Å². The molecule has 2 rings (SSSR count). The lowest BCUT2D eigenvalue weighted by atomic mass is 9.96. The molecule has 0 radical (unpaired) electrons.